The number of sulfonamides is 1. The van der Waals surface area contributed by atoms with E-state index in [1.54, 1.807) is 4.31 Å². The molecule has 3 rings (SSSR count). The lowest BCUT2D eigenvalue weighted by atomic mass is 10.1. The van der Waals surface area contributed by atoms with E-state index in [1.807, 2.05) is 0 Å². The SMILES string of the molecule is O=S(=O)(c1cnc[nH]1)N1CC[C@H]2CNC[C@H]21. The Kier molecular flexibility index (Phi) is 2.27. The molecule has 1 aromatic heterocycles. The first kappa shape index (κ1) is 10.2. The van der Waals surface area contributed by atoms with Crippen molar-refractivity contribution in [1.82, 2.24) is 19.6 Å². The molecule has 2 saturated heterocycles. The molecule has 0 aromatic carbocycles. The number of aromatic amines is 1. The van der Waals surface area contributed by atoms with Crippen LogP contribution in [0.25, 0.3) is 0 Å². The standard InChI is InChI=1S/C9H14N4O2S/c14-16(15,9-5-11-6-12-9)13-2-1-7-3-10-4-8(7)13/h5-8,10H,1-4H2,(H,11,12)/t7-,8+/m0/s1. The van der Waals surface area contributed by atoms with Gasteiger partial charge in [0.25, 0.3) is 10.0 Å². The predicted molar refractivity (Wildman–Crippen MR) is 57.2 cm³/mol. The summed E-state index contributed by atoms with van der Waals surface area (Å²) < 4.78 is 26.1. The third kappa shape index (κ3) is 1.39. The third-order valence-electron chi connectivity index (χ3n) is 3.45. The molecule has 0 aliphatic carbocycles. The van der Waals surface area contributed by atoms with Crippen LogP contribution in [0, 0.1) is 5.92 Å². The van der Waals surface area contributed by atoms with Crippen LogP contribution in [0.2, 0.25) is 0 Å². The van der Waals surface area contributed by atoms with Crippen molar-refractivity contribution in [2.45, 2.75) is 17.5 Å². The Morgan fingerprint density at radius 3 is 3.06 bits per heavy atom. The van der Waals surface area contributed by atoms with Crippen molar-refractivity contribution < 1.29 is 8.42 Å². The highest BCUT2D eigenvalue weighted by Gasteiger charge is 2.44. The molecule has 0 saturated carbocycles. The summed E-state index contributed by atoms with van der Waals surface area (Å²) in [5.41, 5.74) is 0. The normalized spacial score (nSPS) is 30.8. The summed E-state index contributed by atoms with van der Waals surface area (Å²) in [4.78, 5) is 6.44. The van der Waals surface area contributed by atoms with Crippen molar-refractivity contribution in [2.24, 2.45) is 5.92 Å². The fourth-order valence-corrected chi connectivity index (χ4v) is 4.22. The summed E-state index contributed by atoms with van der Waals surface area (Å²) in [6, 6.07) is 0.119. The molecule has 88 valence electrons. The van der Waals surface area contributed by atoms with E-state index in [-0.39, 0.29) is 11.1 Å². The van der Waals surface area contributed by atoms with Gasteiger partial charge in [0, 0.05) is 19.1 Å². The highest BCUT2D eigenvalue weighted by molar-refractivity contribution is 7.89. The van der Waals surface area contributed by atoms with Gasteiger partial charge >= 0.3 is 0 Å². The van der Waals surface area contributed by atoms with E-state index in [0.717, 1.165) is 19.5 Å². The molecule has 2 atom stereocenters. The summed E-state index contributed by atoms with van der Waals surface area (Å²) >= 11 is 0. The predicted octanol–water partition coefficient (Wildman–Crippen LogP) is -0.608. The molecule has 0 unspecified atom stereocenters. The smallest absolute Gasteiger partial charge is 0.260 e. The second kappa shape index (κ2) is 3.54. The van der Waals surface area contributed by atoms with Crippen LogP contribution in [0.3, 0.4) is 0 Å². The average Bonchev–Trinajstić information content (AvgIpc) is 2.95. The minimum absolute atomic E-state index is 0.119. The van der Waals surface area contributed by atoms with Gasteiger partial charge in [-0.05, 0) is 18.9 Å². The number of rotatable bonds is 2. The van der Waals surface area contributed by atoms with E-state index in [2.05, 4.69) is 15.3 Å². The van der Waals surface area contributed by atoms with Gasteiger partial charge in [-0.2, -0.15) is 4.31 Å². The first-order valence-electron chi connectivity index (χ1n) is 5.40. The summed E-state index contributed by atoms with van der Waals surface area (Å²) in [7, 11) is -3.37. The molecular weight excluding hydrogens is 228 g/mol. The van der Waals surface area contributed by atoms with Gasteiger partial charge in [0.2, 0.25) is 0 Å². The van der Waals surface area contributed by atoms with Crippen molar-refractivity contribution in [3.8, 4) is 0 Å². The largest absolute Gasteiger partial charge is 0.335 e. The summed E-state index contributed by atoms with van der Waals surface area (Å²) in [5.74, 6) is 0.470. The van der Waals surface area contributed by atoms with Crippen LogP contribution in [0.4, 0.5) is 0 Å². The molecule has 7 heteroatoms. The van der Waals surface area contributed by atoms with Gasteiger partial charge in [0.05, 0.1) is 12.5 Å². The number of hydrogen-bond donors (Lipinski definition) is 2. The van der Waals surface area contributed by atoms with Crippen LogP contribution >= 0.6 is 0 Å². The molecule has 0 spiro atoms. The Hall–Kier alpha value is -0.920. The van der Waals surface area contributed by atoms with Crippen LogP contribution in [0.5, 0.6) is 0 Å². The zero-order chi connectivity index (χ0) is 11.2. The highest BCUT2D eigenvalue weighted by Crippen LogP contribution is 2.31. The van der Waals surface area contributed by atoms with E-state index in [4.69, 9.17) is 0 Å². The average molecular weight is 242 g/mol. The topological polar surface area (TPSA) is 78.1 Å². The zero-order valence-electron chi connectivity index (χ0n) is 8.76. The second-order valence-electron chi connectivity index (χ2n) is 4.31. The van der Waals surface area contributed by atoms with Crippen LogP contribution in [-0.4, -0.2) is 48.4 Å². The molecule has 3 heterocycles. The Morgan fingerprint density at radius 2 is 2.31 bits per heavy atom. The van der Waals surface area contributed by atoms with E-state index in [9.17, 15) is 8.42 Å². The number of nitrogens with zero attached hydrogens (tertiary/aromatic N) is 2. The number of H-pyrrole nitrogens is 1. The van der Waals surface area contributed by atoms with Crippen molar-refractivity contribution in [2.75, 3.05) is 19.6 Å². The third-order valence-corrected chi connectivity index (χ3v) is 5.30. The van der Waals surface area contributed by atoms with Crippen molar-refractivity contribution >= 4 is 10.0 Å². The van der Waals surface area contributed by atoms with E-state index >= 15 is 0 Å². The molecule has 0 amide bonds. The molecule has 2 aliphatic rings. The fraction of sp³-hybridized carbons (Fsp3) is 0.667. The lowest BCUT2D eigenvalue weighted by Crippen LogP contribution is -2.39. The van der Waals surface area contributed by atoms with Crippen LogP contribution in [-0.2, 0) is 10.0 Å². The molecule has 2 aliphatic heterocycles. The first-order valence-corrected chi connectivity index (χ1v) is 6.84. The van der Waals surface area contributed by atoms with E-state index in [1.165, 1.54) is 12.5 Å². The van der Waals surface area contributed by atoms with E-state index in [0.29, 0.717) is 12.5 Å². The Labute approximate surface area is 94.1 Å². The maximum Gasteiger partial charge on any atom is 0.260 e. The van der Waals surface area contributed by atoms with Gasteiger partial charge in [-0.1, -0.05) is 0 Å². The number of hydrogen-bond acceptors (Lipinski definition) is 4. The van der Waals surface area contributed by atoms with Gasteiger partial charge in [0.15, 0.2) is 5.03 Å². The first-order chi connectivity index (χ1) is 7.69. The van der Waals surface area contributed by atoms with Gasteiger partial charge in [-0.3, -0.25) is 0 Å². The minimum atomic E-state index is -3.37. The molecule has 0 bridgehead atoms. The van der Waals surface area contributed by atoms with Gasteiger partial charge in [-0.15, -0.1) is 0 Å². The van der Waals surface area contributed by atoms with Gasteiger partial charge < -0.3 is 10.3 Å². The van der Waals surface area contributed by atoms with Crippen LogP contribution in [0.1, 0.15) is 6.42 Å². The number of imidazole rings is 1. The lowest BCUT2D eigenvalue weighted by Gasteiger charge is -2.21. The van der Waals surface area contributed by atoms with Crippen LogP contribution < -0.4 is 5.32 Å². The summed E-state index contributed by atoms with van der Waals surface area (Å²) in [6.45, 7) is 2.32. The Morgan fingerprint density at radius 1 is 1.44 bits per heavy atom. The molecule has 6 nitrogen and oxygen atoms in total. The molecule has 2 N–H and O–H groups in total. The number of fused-ring (bicyclic) bond motifs is 1. The maximum absolute atomic E-state index is 12.3. The zero-order valence-corrected chi connectivity index (χ0v) is 9.57. The summed E-state index contributed by atoms with van der Waals surface area (Å²) in [6.07, 6.45) is 3.71. The highest BCUT2D eigenvalue weighted by atomic mass is 32.2. The minimum Gasteiger partial charge on any atom is -0.335 e. The molecule has 2 fully saturated rings. The second-order valence-corrected chi connectivity index (χ2v) is 6.16. The molecule has 16 heavy (non-hydrogen) atoms. The quantitative estimate of drug-likeness (QED) is 0.725. The fourth-order valence-electron chi connectivity index (χ4n) is 2.62. The Balaban J connectivity index is 1.93. The Bertz CT molecular complexity index is 470. The van der Waals surface area contributed by atoms with Crippen molar-refractivity contribution in [3.05, 3.63) is 12.5 Å². The van der Waals surface area contributed by atoms with Crippen molar-refractivity contribution in [1.29, 1.82) is 0 Å². The lowest BCUT2D eigenvalue weighted by molar-refractivity contribution is 0.381. The van der Waals surface area contributed by atoms with E-state index < -0.39 is 10.0 Å². The van der Waals surface area contributed by atoms with Crippen molar-refractivity contribution in [3.63, 3.8) is 0 Å². The van der Waals surface area contributed by atoms with Gasteiger partial charge in [-0.25, -0.2) is 13.4 Å². The molecular formula is C9H14N4O2S. The van der Waals surface area contributed by atoms with Crippen LogP contribution in [0.15, 0.2) is 17.6 Å². The van der Waals surface area contributed by atoms with Gasteiger partial charge in [0.1, 0.15) is 0 Å². The molecule has 1 aromatic rings. The summed E-state index contributed by atoms with van der Waals surface area (Å²) in [5, 5.41) is 3.43. The maximum atomic E-state index is 12.3. The molecule has 0 radical (unpaired) electrons. The number of nitrogens with one attached hydrogen (secondary N) is 2. The number of aromatic nitrogens is 2. The monoisotopic (exact) mass is 242 g/mol.